The van der Waals surface area contributed by atoms with Crippen LogP contribution in [0.2, 0.25) is 0 Å². The molecule has 4 atom stereocenters. The highest BCUT2D eigenvalue weighted by Crippen LogP contribution is 2.37. The van der Waals surface area contributed by atoms with Gasteiger partial charge in [-0.05, 0) is 6.42 Å². The van der Waals surface area contributed by atoms with Gasteiger partial charge in [-0.2, -0.15) is 0 Å². The van der Waals surface area contributed by atoms with E-state index >= 15 is 0 Å². The van der Waals surface area contributed by atoms with Crippen LogP contribution in [0.15, 0.2) is 10.6 Å². The van der Waals surface area contributed by atoms with E-state index in [4.69, 9.17) is 15.0 Å². The lowest BCUT2D eigenvalue weighted by molar-refractivity contribution is -0.0162. The Bertz CT molecular complexity index is 485. The normalized spacial score (nSPS) is 33.1. The second-order valence-corrected chi connectivity index (χ2v) is 5.63. The van der Waals surface area contributed by atoms with E-state index < -0.39 is 0 Å². The molecule has 1 saturated carbocycles. The third-order valence-electron chi connectivity index (χ3n) is 4.07. The number of carbonyl (C=O) groups is 1. The minimum absolute atomic E-state index is 0.0204. The van der Waals surface area contributed by atoms with Crippen molar-refractivity contribution in [1.29, 1.82) is 0 Å². The van der Waals surface area contributed by atoms with Gasteiger partial charge in [0.2, 0.25) is 0 Å². The highest BCUT2D eigenvalue weighted by Gasteiger charge is 2.52. The van der Waals surface area contributed by atoms with Gasteiger partial charge < -0.3 is 20.3 Å². The second-order valence-electron chi connectivity index (χ2n) is 5.63. The molecule has 1 saturated heterocycles. The van der Waals surface area contributed by atoms with Gasteiger partial charge in [-0.15, -0.1) is 0 Å². The lowest BCUT2D eigenvalue weighted by Gasteiger charge is -2.45. The first-order valence-corrected chi connectivity index (χ1v) is 6.72. The number of fused-ring (bicyclic) bond motifs is 1. The summed E-state index contributed by atoms with van der Waals surface area (Å²) in [6.07, 6.45) is 1.05. The number of nitrogens with two attached hydrogens (primary N) is 1. The number of hydrogen-bond donors (Lipinski definition) is 2. The zero-order valence-corrected chi connectivity index (χ0v) is 11.1. The largest absolute Gasteiger partial charge is 0.376 e. The fraction of sp³-hybridized carbons (Fsp3) is 0.692. The Labute approximate surface area is 111 Å². The number of hydrogen-bond acceptors (Lipinski definition) is 5. The number of rotatable bonds is 3. The lowest BCUT2D eigenvalue weighted by Crippen LogP contribution is -2.68. The quantitative estimate of drug-likeness (QED) is 0.837. The lowest BCUT2D eigenvalue weighted by atomic mass is 9.72. The molecule has 0 unspecified atom stereocenters. The third kappa shape index (κ3) is 2.04. The number of ether oxygens (including phenoxy) is 1. The molecule has 0 aromatic carbocycles. The zero-order chi connectivity index (χ0) is 13.6. The van der Waals surface area contributed by atoms with Gasteiger partial charge in [0.25, 0.3) is 5.91 Å². The number of nitrogens with zero attached hydrogens (tertiary/aromatic N) is 1. The van der Waals surface area contributed by atoms with Crippen LogP contribution < -0.4 is 11.1 Å². The zero-order valence-electron chi connectivity index (χ0n) is 11.1. The summed E-state index contributed by atoms with van der Waals surface area (Å²) >= 11 is 0. The summed E-state index contributed by atoms with van der Waals surface area (Å²) in [6, 6.07) is 1.55. The molecule has 3 rings (SSSR count). The average Bonchev–Trinajstić information content (AvgIpc) is 3.02. The van der Waals surface area contributed by atoms with Gasteiger partial charge in [0.15, 0.2) is 5.69 Å². The average molecular weight is 265 g/mol. The molecular formula is C13H19N3O3. The van der Waals surface area contributed by atoms with Crippen molar-refractivity contribution in [2.75, 3.05) is 6.61 Å². The predicted octanol–water partition coefficient (Wildman–Crippen LogP) is 0.642. The molecule has 19 heavy (non-hydrogen) atoms. The SMILES string of the molecule is CC(C)c1cc(C(=O)N[C@H]2[C@H](N)[C@@H]3CCO[C@@H]32)no1. The summed E-state index contributed by atoms with van der Waals surface area (Å²) < 4.78 is 10.7. The van der Waals surface area contributed by atoms with Crippen LogP contribution in [0.3, 0.4) is 0 Å². The third-order valence-corrected chi connectivity index (χ3v) is 4.07. The smallest absolute Gasteiger partial charge is 0.273 e. The number of aromatic nitrogens is 1. The van der Waals surface area contributed by atoms with Crippen molar-refractivity contribution < 1.29 is 14.1 Å². The van der Waals surface area contributed by atoms with E-state index in [1.54, 1.807) is 6.07 Å². The van der Waals surface area contributed by atoms with Crippen LogP contribution in [0.1, 0.15) is 42.4 Å². The summed E-state index contributed by atoms with van der Waals surface area (Å²) in [5, 5.41) is 6.69. The Hall–Kier alpha value is -1.40. The predicted molar refractivity (Wildman–Crippen MR) is 67.7 cm³/mol. The first-order valence-electron chi connectivity index (χ1n) is 6.72. The van der Waals surface area contributed by atoms with Crippen LogP contribution in [0.4, 0.5) is 0 Å². The highest BCUT2D eigenvalue weighted by molar-refractivity contribution is 5.92. The van der Waals surface area contributed by atoms with Crippen molar-refractivity contribution >= 4 is 5.91 Å². The molecule has 2 heterocycles. The Morgan fingerprint density at radius 3 is 3.05 bits per heavy atom. The van der Waals surface area contributed by atoms with E-state index in [0.717, 1.165) is 13.0 Å². The van der Waals surface area contributed by atoms with Crippen LogP contribution in [0, 0.1) is 5.92 Å². The molecule has 2 fully saturated rings. The molecule has 0 bridgehead atoms. The number of amides is 1. The first kappa shape index (κ1) is 12.6. The fourth-order valence-corrected chi connectivity index (χ4v) is 2.82. The van der Waals surface area contributed by atoms with E-state index in [1.807, 2.05) is 13.8 Å². The molecule has 0 radical (unpaired) electrons. The Balaban J connectivity index is 1.65. The molecule has 1 aliphatic heterocycles. The van der Waals surface area contributed by atoms with E-state index in [1.165, 1.54) is 0 Å². The van der Waals surface area contributed by atoms with E-state index in [0.29, 0.717) is 17.4 Å². The maximum Gasteiger partial charge on any atom is 0.273 e. The van der Waals surface area contributed by atoms with Crippen LogP contribution in [-0.2, 0) is 4.74 Å². The molecule has 6 heteroatoms. The van der Waals surface area contributed by atoms with E-state index in [-0.39, 0.29) is 30.0 Å². The van der Waals surface area contributed by atoms with Crippen LogP contribution in [-0.4, -0.2) is 35.9 Å². The summed E-state index contributed by atoms with van der Waals surface area (Å²) in [5.41, 5.74) is 6.35. The Morgan fingerprint density at radius 2 is 2.37 bits per heavy atom. The molecule has 6 nitrogen and oxygen atoms in total. The molecule has 1 aliphatic carbocycles. The summed E-state index contributed by atoms with van der Waals surface area (Å²) in [4.78, 5) is 12.1. The standard InChI is InChI=1S/C13H19N3O3/c1-6(2)9-5-8(16-19-9)13(17)15-11-10(14)7-3-4-18-12(7)11/h5-7,10-12H,3-4,14H2,1-2H3,(H,15,17)/t7-,10+,11-,12-/m0/s1. The van der Waals surface area contributed by atoms with Crippen molar-refractivity contribution in [2.24, 2.45) is 11.7 Å². The number of nitrogens with one attached hydrogen (secondary N) is 1. The van der Waals surface area contributed by atoms with Gasteiger partial charge in [0.1, 0.15) is 5.76 Å². The van der Waals surface area contributed by atoms with Crippen molar-refractivity contribution in [3.63, 3.8) is 0 Å². The van der Waals surface area contributed by atoms with Crippen molar-refractivity contribution in [1.82, 2.24) is 10.5 Å². The fourth-order valence-electron chi connectivity index (χ4n) is 2.82. The molecule has 2 aliphatic rings. The number of carbonyl (C=O) groups excluding carboxylic acids is 1. The molecule has 1 aromatic rings. The first-order chi connectivity index (χ1) is 9.08. The molecule has 104 valence electrons. The minimum Gasteiger partial charge on any atom is -0.376 e. The maximum absolute atomic E-state index is 12.1. The molecule has 3 N–H and O–H groups in total. The summed E-state index contributed by atoms with van der Waals surface area (Å²) in [7, 11) is 0. The summed E-state index contributed by atoms with van der Waals surface area (Å²) in [6.45, 7) is 4.71. The monoisotopic (exact) mass is 265 g/mol. The summed E-state index contributed by atoms with van der Waals surface area (Å²) in [5.74, 6) is 1.06. The topological polar surface area (TPSA) is 90.4 Å². The van der Waals surface area contributed by atoms with Gasteiger partial charge in [-0.25, -0.2) is 0 Å². The molecule has 1 amide bonds. The van der Waals surface area contributed by atoms with Crippen LogP contribution >= 0.6 is 0 Å². The molecular weight excluding hydrogens is 246 g/mol. The van der Waals surface area contributed by atoms with E-state index in [9.17, 15) is 4.79 Å². The van der Waals surface area contributed by atoms with Crippen molar-refractivity contribution in [3.8, 4) is 0 Å². The van der Waals surface area contributed by atoms with Crippen LogP contribution in [0.5, 0.6) is 0 Å². The maximum atomic E-state index is 12.1. The Morgan fingerprint density at radius 1 is 1.58 bits per heavy atom. The minimum atomic E-state index is -0.245. The second kappa shape index (κ2) is 4.61. The van der Waals surface area contributed by atoms with Crippen LogP contribution in [0.25, 0.3) is 0 Å². The Kier molecular flexibility index (Phi) is 3.06. The van der Waals surface area contributed by atoms with Gasteiger partial charge >= 0.3 is 0 Å². The van der Waals surface area contributed by atoms with Gasteiger partial charge in [0, 0.05) is 30.6 Å². The van der Waals surface area contributed by atoms with Gasteiger partial charge in [0.05, 0.1) is 12.1 Å². The highest BCUT2D eigenvalue weighted by atomic mass is 16.5. The van der Waals surface area contributed by atoms with Crippen molar-refractivity contribution in [3.05, 3.63) is 17.5 Å². The van der Waals surface area contributed by atoms with Crippen molar-refractivity contribution in [2.45, 2.75) is 44.4 Å². The van der Waals surface area contributed by atoms with E-state index in [2.05, 4.69) is 10.5 Å². The molecule has 0 spiro atoms. The molecule has 1 aromatic heterocycles. The van der Waals surface area contributed by atoms with Gasteiger partial charge in [-0.3, -0.25) is 4.79 Å². The van der Waals surface area contributed by atoms with Gasteiger partial charge in [-0.1, -0.05) is 19.0 Å².